The molecule has 0 amide bonds. The lowest BCUT2D eigenvalue weighted by atomic mass is 10.1. The molecule has 0 bridgehead atoms. The van der Waals surface area contributed by atoms with Crippen LogP contribution in [0, 0.1) is 0 Å². The number of benzene rings is 1. The molecule has 1 aromatic carbocycles. The molecule has 5 N–H and O–H groups in total. The van der Waals surface area contributed by atoms with Gasteiger partial charge in [0, 0.05) is 31.9 Å². The fourth-order valence-electron chi connectivity index (χ4n) is 1.83. The van der Waals surface area contributed by atoms with Crippen molar-refractivity contribution in [1.82, 2.24) is 5.32 Å². The molecule has 6 heteroatoms. The number of nitrogens with two attached hydrogens (primary N) is 1. The Hall–Kier alpha value is -1.63. The van der Waals surface area contributed by atoms with Crippen molar-refractivity contribution in [2.24, 2.45) is 10.9 Å². The Bertz CT molecular complexity index is 404. The van der Waals surface area contributed by atoms with Crippen LogP contribution in [0.3, 0.4) is 0 Å². The molecule has 6 nitrogen and oxygen atoms in total. The van der Waals surface area contributed by atoms with Crippen molar-refractivity contribution in [3.63, 3.8) is 0 Å². The molecule has 1 unspecified atom stereocenters. The summed E-state index contributed by atoms with van der Waals surface area (Å²) in [5.74, 6) is 0.0860. The van der Waals surface area contributed by atoms with Crippen molar-refractivity contribution in [3.8, 4) is 0 Å². The van der Waals surface area contributed by atoms with Crippen molar-refractivity contribution in [2.75, 3.05) is 20.3 Å². The lowest BCUT2D eigenvalue weighted by Gasteiger charge is -2.18. The summed E-state index contributed by atoms with van der Waals surface area (Å²) in [7, 11) is 1.62. The topological polar surface area (TPSA) is 100 Å². The molecule has 0 aliphatic carbocycles. The lowest BCUT2D eigenvalue weighted by Crippen LogP contribution is -2.34. The zero-order valence-electron chi connectivity index (χ0n) is 11.0. The van der Waals surface area contributed by atoms with Gasteiger partial charge in [0.15, 0.2) is 5.84 Å². The Balaban J connectivity index is 2.71. The first-order valence-corrected chi connectivity index (χ1v) is 6.12. The number of nitrogens with one attached hydrogen (secondary N) is 1. The van der Waals surface area contributed by atoms with Gasteiger partial charge in [-0.1, -0.05) is 29.4 Å². The van der Waals surface area contributed by atoms with E-state index >= 15 is 0 Å². The summed E-state index contributed by atoms with van der Waals surface area (Å²) in [6.07, 6.45) is 0.611. The molecule has 0 heterocycles. The van der Waals surface area contributed by atoms with Gasteiger partial charge in [-0.25, -0.2) is 0 Å². The molecule has 0 aliphatic rings. The maximum absolute atomic E-state index is 8.97. The van der Waals surface area contributed by atoms with E-state index in [1.165, 1.54) is 0 Å². The Morgan fingerprint density at radius 3 is 2.84 bits per heavy atom. The molecular weight excluding hydrogens is 246 g/mol. The first-order valence-electron chi connectivity index (χ1n) is 6.12. The van der Waals surface area contributed by atoms with E-state index in [0.29, 0.717) is 25.1 Å². The van der Waals surface area contributed by atoms with Crippen molar-refractivity contribution in [3.05, 3.63) is 35.4 Å². The van der Waals surface area contributed by atoms with Crippen LogP contribution in [-0.2, 0) is 11.3 Å². The fraction of sp³-hybridized carbons (Fsp3) is 0.462. The summed E-state index contributed by atoms with van der Waals surface area (Å²) in [5, 5.41) is 24.0. The van der Waals surface area contributed by atoms with Crippen LogP contribution in [-0.4, -0.2) is 42.5 Å². The Morgan fingerprint density at radius 1 is 1.47 bits per heavy atom. The first-order chi connectivity index (χ1) is 9.22. The van der Waals surface area contributed by atoms with Crippen molar-refractivity contribution < 1.29 is 15.1 Å². The molecule has 106 valence electrons. The number of ether oxygens (including phenoxy) is 1. The quantitative estimate of drug-likeness (QED) is 0.234. The summed E-state index contributed by atoms with van der Waals surface area (Å²) in [6, 6.07) is 7.49. The second-order valence-electron chi connectivity index (χ2n) is 4.19. The van der Waals surface area contributed by atoms with Crippen LogP contribution in [0.5, 0.6) is 0 Å². The third-order valence-corrected chi connectivity index (χ3v) is 2.83. The first kappa shape index (κ1) is 15.4. The molecule has 1 aromatic rings. The largest absolute Gasteiger partial charge is 0.409 e. The number of hydrogen-bond acceptors (Lipinski definition) is 5. The molecule has 1 rings (SSSR count). The van der Waals surface area contributed by atoms with Gasteiger partial charge in [-0.15, -0.1) is 0 Å². The number of hydrogen-bond donors (Lipinski definition) is 4. The van der Waals surface area contributed by atoms with Gasteiger partial charge in [0.1, 0.15) is 0 Å². The number of methoxy groups -OCH3 is 1. The molecular formula is C13H21N3O3. The summed E-state index contributed by atoms with van der Waals surface area (Å²) in [5.41, 5.74) is 7.25. The van der Waals surface area contributed by atoms with Crippen LogP contribution in [0.1, 0.15) is 17.5 Å². The SMILES string of the molecule is COCC(CCO)NCc1ccccc1/C(N)=N/O. The molecule has 0 aliphatic heterocycles. The number of amidine groups is 1. The van der Waals surface area contributed by atoms with Crippen molar-refractivity contribution in [1.29, 1.82) is 0 Å². The van der Waals surface area contributed by atoms with E-state index in [2.05, 4.69) is 10.5 Å². The summed E-state index contributed by atoms with van der Waals surface area (Å²) >= 11 is 0. The molecule has 0 saturated heterocycles. The maximum Gasteiger partial charge on any atom is 0.170 e. The van der Waals surface area contributed by atoms with Crippen LogP contribution in [0.2, 0.25) is 0 Å². The van der Waals surface area contributed by atoms with Gasteiger partial charge in [-0.2, -0.15) is 0 Å². The Morgan fingerprint density at radius 2 is 2.21 bits per heavy atom. The van der Waals surface area contributed by atoms with Gasteiger partial charge in [0.05, 0.1) is 6.61 Å². The predicted octanol–water partition coefficient (Wildman–Crippen LogP) is 0.268. The highest BCUT2D eigenvalue weighted by Gasteiger charge is 2.10. The maximum atomic E-state index is 8.97. The van der Waals surface area contributed by atoms with Gasteiger partial charge in [0.25, 0.3) is 0 Å². The van der Waals surface area contributed by atoms with E-state index in [1.54, 1.807) is 13.2 Å². The minimum absolute atomic E-state index is 0.0651. The highest BCUT2D eigenvalue weighted by Crippen LogP contribution is 2.09. The normalized spacial score (nSPS) is 13.5. The van der Waals surface area contributed by atoms with Gasteiger partial charge < -0.3 is 26.1 Å². The zero-order chi connectivity index (χ0) is 14.1. The van der Waals surface area contributed by atoms with E-state index in [1.807, 2.05) is 18.2 Å². The molecule has 0 spiro atoms. The highest BCUT2D eigenvalue weighted by atomic mass is 16.5. The van der Waals surface area contributed by atoms with Crippen LogP contribution in [0.15, 0.2) is 29.4 Å². The number of nitrogens with zero attached hydrogens (tertiary/aromatic N) is 1. The number of aliphatic hydroxyl groups is 1. The van der Waals surface area contributed by atoms with E-state index in [9.17, 15) is 0 Å². The average Bonchev–Trinajstić information content (AvgIpc) is 2.44. The standard InChI is InChI=1S/C13H21N3O3/c1-19-9-11(6-7-17)15-8-10-4-2-3-5-12(10)13(14)16-18/h2-5,11,15,17-18H,6-9H2,1H3,(H2,14,16). The van der Waals surface area contributed by atoms with Crippen LogP contribution < -0.4 is 11.1 Å². The molecule has 0 fully saturated rings. The van der Waals surface area contributed by atoms with Gasteiger partial charge >= 0.3 is 0 Å². The Labute approximate surface area is 112 Å². The van der Waals surface area contributed by atoms with Gasteiger partial charge in [-0.05, 0) is 12.0 Å². The van der Waals surface area contributed by atoms with Crippen molar-refractivity contribution >= 4 is 5.84 Å². The van der Waals surface area contributed by atoms with E-state index < -0.39 is 0 Å². The summed E-state index contributed by atoms with van der Waals surface area (Å²) in [4.78, 5) is 0. The Kier molecular flexibility index (Phi) is 6.88. The number of oxime groups is 1. The van der Waals surface area contributed by atoms with E-state index in [-0.39, 0.29) is 18.5 Å². The summed E-state index contributed by atoms with van der Waals surface area (Å²) < 4.78 is 5.08. The second-order valence-corrected chi connectivity index (χ2v) is 4.19. The monoisotopic (exact) mass is 267 g/mol. The van der Waals surface area contributed by atoms with Gasteiger partial charge in [-0.3, -0.25) is 0 Å². The third kappa shape index (κ3) is 4.86. The van der Waals surface area contributed by atoms with Crippen LogP contribution >= 0.6 is 0 Å². The minimum atomic E-state index is 0.0651. The molecule has 0 radical (unpaired) electrons. The third-order valence-electron chi connectivity index (χ3n) is 2.83. The molecule has 1 atom stereocenters. The second kappa shape index (κ2) is 8.47. The minimum Gasteiger partial charge on any atom is -0.409 e. The average molecular weight is 267 g/mol. The number of rotatable bonds is 8. The fourth-order valence-corrected chi connectivity index (χ4v) is 1.83. The van der Waals surface area contributed by atoms with Crippen LogP contribution in [0.25, 0.3) is 0 Å². The van der Waals surface area contributed by atoms with Gasteiger partial charge in [0.2, 0.25) is 0 Å². The molecule has 19 heavy (non-hydrogen) atoms. The zero-order valence-corrected chi connectivity index (χ0v) is 11.0. The van der Waals surface area contributed by atoms with Crippen molar-refractivity contribution in [2.45, 2.75) is 19.0 Å². The van der Waals surface area contributed by atoms with E-state index in [0.717, 1.165) is 5.56 Å². The summed E-state index contributed by atoms with van der Waals surface area (Å²) in [6.45, 7) is 1.18. The lowest BCUT2D eigenvalue weighted by molar-refractivity contribution is 0.148. The van der Waals surface area contributed by atoms with E-state index in [4.69, 9.17) is 20.8 Å². The predicted molar refractivity (Wildman–Crippen MR) is 73.2 cm³/mol. The number of aliphatic hydroxyl groups excluding tert-OH is 1. The van der Waals surface area contributed by atoms with Crippen LogP contribution in [0.4, 0.5) is 0 Å². The molecule has 0 saturated carbocycles. The molecule has 0 aromatic heterocycles. The smallest absolute Gasteiger partial charge is 0.170 e. The highest BCUT2D eigenvalue weighted by molar-refractivity contribution is 5.98.